The Labute approximate surface area is 408 Å². The van der Waals surface area contributed by atoms with E-state index >= 15 is 0 Å². The van der Waals surface area contributed by atoms with Crippen molar-refractivity contribution in [3.63, 3.8) is 0 Å². The van der Waals surface area contributed by atoms with Crippen LogP contribution in [0.2, 0.25) is 5.02 Å². The van der Waals surface area contributed by atoms with Gasteiger partial charge in [-0.1, -0.05) is 108 Å². The van der Waals surface area contributed by atoms with E-state index in [1.165, 1.54) is 10.3 Å². The van der Waals surface area contributed by atoms with Crippen LogP contribution in [0.15, 0.2) is 127 Å². The van der Waals surface area contributed by atoms with E-state index in [2.05, 4.69) is 40.4 Å². The molecular weight excluding hydrogens is 1100 g/mol. The van der Waals surface area contributed by atoms with Crippen molar-refractivity contribution >= 4 is 61.2 Å². The van der Waals surface area contributed by atoms with Crippen molar-refractivity contribution < 1.29 is 110 Å². The fourth-order valence-corrected chi connectivity index (χ4v) is 9.27. The highest BCUT2D eigenvalue weighted by Gasteiger charge is 2.47. The van der Waals surface area contributed by atoms with Crippen molar-refractivity contribution in [1.29, 1.82) is 0 Å². The Balaban J connectivity index is 0.000000436. The third-order valence-corrected chi connectivity index (χ3v) is 12.4. The van der Waals surface area contributed by atoms with E-state index in [1.807, 2.05) is 18.2 Å². The Kier molecular flexibility index (Phi) is 15.1. The van der Waals surface area contributed by atoms with Gasteiger partial charge in [0.15, 0.2) is 6.54 Å². The molecule has 0 N–H and O–H groups in total. The molecule has 0 saturated heterocycles. The van der Waals surface area contributed by atoms with Crippen LogP contribution in [0, 0.1) is 0 Å². The molecule has 0 atom stereocenters. The average Bonchev–Trinajstić information content (AvgIpc) is 3.68. The van der Waals surface area contributed by atoms with Crippen molar-refractivity contribution in [2.45, 2.75) is 56.0 Å². The smallest absolute Gasteiger partial charge is 0.194 e. The van der Waals surface area contributed by atoms with Gasteiger partial charge in [0.25, 0.3) is 0 Å². The zero-order chi connectivity index (χ0) is 55.6. The molecule has 74 heavy (non-hydrogen) atoms. The van der Waals surface area contributed by atoms with E-state index < -0.39 is 195 Å². The second-order valence-corrected chi connectivity index (χ2v) is 17.4. The fourth-order valence-electron chi connectivity index (χ4n) is 8.01. The molecule has 1 nitrogen and oxygen atoms in total. The van der Waals surface area contributed by atoms with Gasteiger partial charge in [0, 0.05) is 5.56 Å². The summed E-state index contributed by atoms with van der Waals surface area (Å²) in [6.07, 6.45) is -54.8. The lowest BCUT2D eigenvalue weighted by Crippen LogP contribution is -2.75. The molecule has 7 rings (SSSR count). The van der Waals surface area contributed by atoms with E-state index in [0.29, 0.717) is 0 Å². The van der Waals surface area contributed by atoms with Crippen molar-refractivity contribution in [2.24, 2.45) is 0 Å². The molecule has 1 aromatic heterocycles. The summed E-state index contributed by atoms with van der Waals surface area (Å²) in [5.74, 6) is 0. The first-order chi connectivity index (χ1) is 33.6. The third kappa shape index (κ3) is 12.5. The number of halogens is 25. The van der Waals surface area contributed by atoms with Crippen LogP contribution in [-0.4, -0.2) is 6.15 Å². The number of aromatic nitrogens is 1. The van der Waals surface area contributed by atoms with E-state index in [-0.39, 0.29) is 0 Å². The summed E-state index contributed by atoms with van der Waals surface area (Å²) < 4.78 is 344. The molecule has 7 aromatic rings. The Bertz CT molecular complexity index is 2720. The molecule has 0 unspecified atom stereocenters. The first kappa shape index (κ1) is 57.2. The monoisotopic (exact) mass is 1120 g/mol. The van der Waals surface area contributed by atoms with Crippen LogP contribution >= 0.6 is 22.9 Å². The molecule has 0 radical (unpaired) electrons. The number of nitrogens with zero attached hydrogens (tertiary/aromatic N) is 1. The van der Waals surface area contributed by atoms with Gasteiger partial charge >= 0.3 is 49.4 Å². The van der Waals surface area contributed by atoms with E-state index in [0.717, 1.165) is 17.1 Å². The highest BCUT2D eigenvalue weighted by molar-refractivity contribution is 7.20. The number of hydrogen-bond acceptors (Lipinski definition) is 1. The predicted molar refractivity (Wildman–Crippen MR) is 223 cm³/mol. The quantitative estimate of drug-likeness (QED) is 0.0888. The van der Waals surface area contributed by atoms with Crippen LogP contribution in [0.4, 0.5) is 105 Å². The Hall–Kier alpha value is -6.12. The molecule has 0 aliphatic carbocycles. The minimum atomic E-state index is -6.13. The van der Waals surface area contributed by atoms with Gasteiger partial charge in [-0.3, -0.25) is 0 Å². The van der Waals surface area contributed by atoms with Crippen LogP contribution in [0.3, 0.4) is 0 Å². The second-order valence-electron chi connectivity index (χ2n) is 16.1. The summed E-state index contributed by atoms with van der Waals surface area (Å²) >= 11 is 7.98. The van der Waals surface area contributed by atoms with Crippen molar-refractivity contribution in [3.8, 4) is 0 Å². The molecule has 0 aliphatic rings. The summed E-state index contributed by atoms with van der Waals surface area (Å²) in [6.45, 7) is 0.866. The second kappa shape index (κ2) is 19.5. The highest BCUT2D eigenvalue weighted by Crippen LogP contribution is 2.41. The van der Waals surface area contributed by atoms with Crippen LogP contribution in [0.5, 0.6) is 0 Å². The molecule has 396 valence electrons. The molecule has 0 aliphatic heterocycles. The number of rotatable bonds is 6. The van der Waals surface area contributed by atoms with Crippen LogP contribution < -0.4 is 26.4 Å². The van der Waals surface area contributed by atoms with Crippen molar-refractivity contribution in [1.82, 2.24) is 0 Å². The number of fused-ring (bicyclic) bond motifs is 1. The largest absolute Gasteiger partial charge is 0.416 e. The first-order valence-corrected chi connectivity index (χ1v) is 21.3. The van der Waals surface area contributed by atoms with Crippen molar-refractivity contribution in [3.05, 3.63) is 182 Å². The maximum atomic E-state index is 14.2. The summed E-state index contributed by atoms with van der Waals surface area (Å²) in [5, 5.41) is 0.819. The molecule has 28 heteroatoms. The summed E-state index contributed by atoms with van der Waals surface area (Å²) in [5.41, 5.74) is -25.7. The molecule has 0 spiro atoms. The number of alkyl halides is 24. The lowest BCUT2D eigenvalue weighted by Gasteiger charge is -2.46. The minimum absolute atomic E-state index is 0.691. The maximum Gasteiger partial charge on any atom is 0.416 e. The Morgan fingerprint density at radius 2 is 0.622 bits per heavy atom. The van der Waals surface area contributed by atoms with E-state index in [1.54, 1.807) is 11.3 Å². The number of para-hydroxylation sites is 1. The molecule has 0 fully saturated rings. The zero-order valence-electron chi connectivity index (χ0n) is 35.7. The molecule has 0 amide bonds. The molecular formula is C46H23BClF24NS. The molecule has 1 heterocycles. The van der Waals surface area contributed by atoms with E-state index in [4.69, 9.17) is 11.6 Å². The predicted octanol–water partition coefficient (Wildman–Crippen LogP) is 15.1. The Morgan fingerprint density at radius 1 is 0.351 bits per heavy atom. The van der Waals surface area contributed by atoms with Crippen molar-refractivity contribution in [2.75, 3.05) is 0 Å². The van der Waals surface area contributed by atoms with Gasteiger partial charge in [0.2, 0.25) is 11.0 Å². The van der Waals surface area contributed by atoms with Gasteiger partial charge < -0.3 is 0 Å². The van der Waals surface area contributed by atoms with Gasteiger partial charge in [-0.2, -0.15) is 132 Å². The summed E-state index contributed by atoms with van der Waals surface area (Å²) in [6, 6.07) is 7.65. The minimum Gasteiger partial charge on any atom is -0.194 e. The van der Waals surface area contributed by atoms with Gasteiger partial charge in [0.1, 0.15) is 15.9 Å². The molecule has 0 bridgehead atoms. The number of thiazole rings is 1. The summed E-state index contributed by atoms with van der Waals surface area (Å²) in [4.78, 5) is 0. The average molecular weight is 1120 g/mol. The normalized spacial score (nSPS) is 13.5. The first-order valence-electron chi connectivity index (χ1n) is 20.1. The number of benzene rings is 6. The van der Waals surface area contributed by atoms with Gasteiger partial charge in [-0.15, -0.1) is 0 Å². The van der Waals surface area contributed by atoms with Gasteiger partial charge in [-0.25, -0.2) is 0 Å². The van der Waals surface area contributed by atoms with Crippen LogP contribution in [0.1, 0.15) is 50.1 Å². The Morgan fingerprint density at radius 3 is 0.878 bits per heavy atom. The molecule has 0 saturated carbocycles. The highest BCUT2D eigenvalue weighted by atomic mass is 35.5. The van der Waals surface area contributed by atoms with E-state index in [9.17, 15) is 105 Å². The molecule has 6 aromatic carbocycles. The third-order valence-electron chi connectivity index (χ3n) is 11.2. The summed E-state index contributed by atoms with van der Waals surface area (Å²) in [7, 11) is 0. The topological polar surface area (TPSA) is 3.88 Å². The zero-order valence-corrected chi connectivity index (χ0v) is 37.3. The van der Waals surface area contributed by atoms with Gasteiger partial charge in [0.05, 0.1) is 44.5 Å². The lowest BCUT2D eigenvalue weighted by atomic mass is 9.12. The van der Waals surface area contributed by atoms with Crippen LogP contribution in [0.25, 0.3) is 10.2 Å². The maximum absolute atomic E-state index is 14.2. The standard InChI is InChI=1S/C32H12BF24.C14H11ClNS/c34-25(35,36)13-1-14(26(37,38)39)6-21(5-13)33(22-7-15(27(40,41)42)2-16(8-22)28(43,44)45,23-9-17(29(46,47)48)3-18(10-23)30(49,50)51)24-11-19(31(52,53)54)4-20(12-24)32(55,56)57;15-12-7-4-8-13-14(12)16(10-17-13)9-11-5-2-1-3-6-11/h1-12H;1-8,10H,9H2/q-1;+1. The van der Waals surface area contributed by atoms with Gasteiger partial charge in [-0.05, 0) is 36.4 Å². The SMILES string of the molecule is Clc1cccc2sc[n+](Cc3ccccc3)c12.FC(F)(F)c1cc([B-](c2cc(C(F)(F)F)cc(C(F)(F)F)c2)(c2cc(C(F)(F)F)cc(C(F)(F)F)c2)c2cc(C(F)(F)F)cc(C(F)(F)F)c2)cc(C(F)(F)F)c1. The van der Waals surface area contributed by atoms with Crippen LogP contribution in [-0.2, 0) is 56.0 Å². The lowest BCUT2D eigenvalue weighted by molar-refractivity contribution is -0.658. The fraction of sp³-hybridized carbons (Fsp3) is 0.196. The number of hydrogen-bond donors (Lipinski definition) is 0.